The summed E-state index contributed by atoms with van der Waals surface area (Å²) >= 11 is 3.53. The topological polar surface area (TPSA) is 17.1 Å². The van der Waals surface area contributed by atoms with E-state index < -0.39 is 6.34 Å². The van der Waals surface area contributed by atoms with E-state index in [0.717, 1.165) is 5.30 Å². The molecule has 0 amide bonds. The molecule has 0 aliphatic heterocycles. The minimum Gasteiger partial charge on any atom is -0.259 e. The lowest BCUT2D eigenvalue weighted by atomic mass is 10.3. The number of benzene rings is 1. The monoisotopic (exact) mass is 307 g/mol. The van der Waals surface area contributed by atoms with Gasteiger partial charge in [0, 0.05) is 0 Å². The Hall–Kier alpha value is 0.280. The van der Waals surface area contributed by atoms with Gasteiger partial charge in [-0.05, 0) is 32.9 Å². The van der Waals surface area contributed by atoms with Crippen LogP contribution < -0.4 is 5.30 Å². The first-order chi connectivity index (χ1) is 6.80. The Bertz CT molecular complexity index is 370. The van der Waals surface area contributed by atoms with Crippen molar-refractivity contribution in [1.82, 2.24) is 0 Å². The van der Waals surface area contributed by atoms with Crippen LogP contribution in [0.4, 0.5) is 0 Å². The fourth-order valence-corrected chi connectivity index (χ4v) is 12.8. The van der Waals surface area contributed by atoms with Crippen molar-refractivity contribution in [2.45, 2.75) is 25.9 Å². The highest BCUT2D eigenvalue weighted by atomic mass is 79.9. The van der Waals surface area contributed by atoms with E-state index >= 15 is 0 Å². The van der Waals surface area contributed by atoms with Gasteiger partial charge in [0.25, 0.3) is 0 Å². The molecule has 0 N–H and O–H groups in total. The second kappa shape index (κ2) is 4.65. The van der Waals surface area contributed by atoms with E-state index in [2.05, 4.69) is 14.8 Å². The maximum absolute atomic E-state index is 13.1. The van der Waals surface area contributed by atoms with Gasteiger partial charge >= 0.3 is 6.34 Å². The number of halogens is 1. The molecule has 1 aromatic rings. The van der Waals surface area contributed by atoms with E-state index in [-0.39, 0.29) is 14.1 Å². The molecule has 84 valence electrons. The van der Waals surface area contributed by atoms with Gasteiger partial charge in [-0.1, -0.05) is 18.2 Å². The normalized spacial score (nSPS) is 18.2. The average molecular weight is 308 g/mol. The Labute approximate surface area is 102 Å². The van der Waals surface area contributed by atoms with Crippen molar-refractivity contribution in [2.24, 2.45) is 0 Å². The zero-order chi connectivity index (χ0) is 11.7. The van der Waals surface area contributed by atoms with Crippen molar-refractivity contribution < 1.29 is 4.57 Å². The molecule has 15 heavy (non-hydrogen) atoms. The molecule has 1 aromatic carbocycles. The van der Waals surface area contributed by atoms with Crippen LogP contribution >= 0.6 is 21.2 Å². The lowest BCUT2D eigenvalue weighted by molar-refractivity contribution is 0.568. The summed E-state index contributed by atoms with van der Waals surface area (Å²) in [6, 6.07) is 9.80. The van der Waals surface area contributed by atoms with Crippen molar-refractivity contribution in [1.29, 1.82) is 0 Å². The molecule has 0 aliphatic rings. The molecule has 2 unspecified atom stereocenters. The Balaban J connectivity index is 3.33. The smallest absolute Gasteiger partial charge is 0.259 e. The van der Waals surface area contributed by atoms with Gasteiger partial charge in [-0.25, -0.2) is 0 Å². The summed E-state index contributed by atoms with van der Waals surface area (Å²) in [4.78, 5) is 0. The van der Waals surface area contributed by atoms with E-state index in [1.807, 2.05) is 57.4 Å². The van der Waals surface area contributed by atoms with Gasteiger partial charge in [0.15, 0.2) is 0 Å². The summed E-state index contributed by atoms with van der Waals surface area (Å²) in [6.07, 6.45) is -0.384. The summed E-state index contributed by atoms with van der Waals surface area (Å²) in [7, 11) is -0.271. The standard InChI is InChI=1S/C11H17BrOPS/c1-11(2,3)14(13,15(4)12)10-8-6-5-7-9-10/h5-9H,1-4H3/q+1. The maximum atomic E-state index is 13.1. The van der Waals surface area contributed by atoms with Crippen LogP contribution in [0.15, 0.2) is 30.3 Å². The highest BCUT2D eigenvalue weighted by Crippen LogP contribution is 2.64. The predicted molar refractivity (Wildman–Crippen MR) is 75.7 cm³/mol. The first-order valence-corrected chi connectivity index (χ1v) is 10.6. The van der Waals surface area contributed by atoms with Crippen molar-refractivity contribution >= 4 is 35.4 Å². The fraction of sp³-hybridized carbons (Fsp3) is 0.455. The highest BCUT2D eigenvalue weighted by molar-refractivity contribution is 9.56. The maximum Gasteiger partial charge on any atom is 0.312 e. The minimum absolute atomic E-state index is 0.199. The second-order valence-corrected chi connectivity index (χ2v) is 15.8. The quantitative estimate of drug-likeness (QED) is 0.597. The van der Waals surface area contributed by atoms with Gasteiger partial charge in [0.1, 0.15) is 15.2 Å². The van der Waals surface area contributed by atoms with Gasteiger partial charge in [-0.3, -0.25) is 4.57 Å². The molecule has 0 bridgehead atoms. The van der Waals surface area contributed by atoms with Crippen LogP contribution in [0.3, 0.4) is 0 Å². The lowest BCUT2D eigenvalue weighted by Crippen LogP contribution is -2.25. The summed E-state index contributed by atoms with van der Waals surface area (Å²) in [5.74, 6) is 0. The lowest BCUT2D eigenvalue weighted by Gasteiger charge is -2.26. The SMILES string of the molecule is C[S+](Br)P(=O)(c1ccccc1)C(C)(C)C. The molecule has 1 nitrogen and oxygen atoms in total. The summed E-state index contributed by atoms with van der Waals surface area (Å²) in [5.41, 5.74) is 0. The summed E-state index contributed by atoms with van der Waals surface area (Å²) in [5, 5.41) is 0.774. The third-order valence-corrected chi connectivity index (χ3v) is 13.9. The molecule has 0 saturated heterocycles. The highest BCUT2D eigenvalue weighted by Gasteiger charge is 2.50. The van der Waals surface area contributed by atoms with Crippen LogP contribution in [-0.2, 0) is 13.5 Å². The third kappa shape index (κ3) is 2.51. The van der Waals surface area contributed by atoms with Crippen molar-refractivity contribution in [3.8, 4) is 0 Å². The van der Waals surface area contributed by atoms with Gasteiger partial charge in [-0.15, -0.1) is 0 Å². The van der Waals surface area contributed by atoms with Crippen LogP contribution in [0.1, 0.15) is 20.8 Å². The Kier molecular flexibility index (Phi) is 4.13. The summed E-state index contributed by atoms with van der Waals surface area (Å²) in [6.45, 7) is 6.14. The molecule has 4 heteroatoms. The Morgan fingerprint density at radius 3 is 2.00 bits per heavy atom. The molecule has 1 rings (SSSR count). The Morgan fingerprint density at radius 2 is 1.67 bits per heavy atom. The van der Waals surface area contributed by atoms with Crippen LogP contribution in [0.5, 0.6) is 0 Å². The molecular weight excluding hydrogens is 291 g/mol. The van der Waals surface area contributed by atoms with Crippen molar-refractivity contribution in [3.63, 3.8) is 0 Å². The molecule has 2 atom stereocenters. The second-order valence-electron chi connectivity index (χ2n) is 4.46. The van der Waals surface area contributed by atoms with Crippen LogP contribution in [-0.4, -0.2) is 11.4 Å². The molecule has 0 fully saturated rings. The van der Waals surface area contributed by atoms with Crippen molar-refractivity contribution in [3.05, 3.63) is 30.3 Å². The summed E-state index contributed by atoms with van der Waals surface area (Å²) < 4.78 is 13.1. The van der Waals surface area contributed by atoms with E-state index in [4.69, 9.17) is 0 Å². The molecule has 0 heterocycles. The molecule has 0 aromatic heterocycles. The molecule has 0 spiro atoms. The van der Waals surface area contributed by atoms with Gasteiger partial charge in [0.05, 0.1) is 10.5 Å². The van der Waals surface area contributed by atoms with Gasteiger partial charge in [0.2, 0.25) is 14.8 Å². The van der Waals surface area contributed by atoms with E-state index in [9.17, 15) is 4.57 Å². The molecular formula is C11H17BrOPS+. The Morgan fingerprint density at radius 1 is 1.20 bits per heavy atom. The molecule has 0 radical (unpaired) electrons. The largest absolute Gasteiger partial charge is 0.312 e. The van der Waals surface area contributed by atoms with Gasteiger partial charge < -0.3 is 0 Å². The minimum atomic E-state index is -2.38. The molecule has 0 aliphatic carbocycles. The van der Waals surface area contributed by atoms with Crippen molar-refractivity contribution in [2.75, 3.05) is 6.26 Å². The molecule has 0 saturated carbocycles. The number of rotatable bonds is 2. The van der Waals surface area contributed by atoms with Crippen LogP contribution in [0.2, 0.25) is 0 Å². The van der Waals surface area contributed by atoms with Gasteiger partial charge in [-0.2, -0.15) is 0 Å². The van der Waals surface area contributed by atoms with E-state index in [1.54, 1.807) is 0 Å². The average Bonchev–Trinajstić information content (AvgIpc) is 2.16. The zero-order valence-corrected chi connectivity index (χ0v) is 12.8. The predicted octanol–water partition coefficient (Wildman–Crippen LogP) is 3.95. The fourth-order valence-electron chi connectivity index (χ4n) is 1.53. The van der Waals surface area contributed by atoms with E-state index in [0.29, 0.717) is 0 Å². The first kappa shape index (κ1) is 13.3. The van der Waals surface area contributed by atoms with Crippen LogP contribution in [0.25, 0.3) is 0 Å². The van der Waals surface area contributed by atoms with E-state index in [1.165, 1.54) is 0 Å². The third-order valence-electron chi connectivity index (χ3n) is 2.33. The zero-order valence-electron chi connectivity index (χ0n) is 9.53. The number of hydrogen-bond donors (Lipinski definition) is 0. The first-order valence-electron chi connectivity index (χ1n) is 4.79. The van der Waals surface area contributed by atoms with Crippen LogP contribution in [0, 0.1) is 0 Å². The number of hydrogen-bond acceptors (Lipinski definition) is 1.